The predicted molar refractivity (Wildman–Crippen MR) is 117 cm³/mol. The van der Waals surface area contributed by atoms with Crippen molar-refractivity contribution in [1.29, 1.82) is 0 Å². The maximum absolute atomic E-state index is 13.3. The number of aromatic nitrogens is 4. The minimum Gasteiger partial charge on any atom is -0.336 e. The summed E-state index contributed by atoms with van der Waals surface area (Å²) in [7, 11) is 3.94. The van der Waals surface area contributed by atoms with Crippen LogP contribution >= 0.6 is 0 Å². The molecular weight excluding hydrogens is 392 g/mol. The minimum atomic E-state index is -0.0581. The van der Waals surface area contributed by atoms with Gasteiger partial charge in [0.15, 0.2) is 11.3 Å². The second kappa shape index (κ2) is 7.30. The smallest absolute Gasteiger partial charge is 0.274 e. The van der Waals surface area contributed by atoms with E-state index in [9.17, 15) is 9.59 Å². The lowest BCUT2D eigenvalue weighted by atomic mass is 9.83. The molecule has 3 aromatic heterocycles. The molecule has 0 unspecified atom stereocenters. The fourth-order valence-corrected chi connectivity index (χ4v) is 5.17. The highest BCUT2D eigenvalue weighted by atomic mass is 16.2. The fourth-order valence-electron chi connectivity index (χ4n) is 5.17. The van der Waals surface area contributed by atoms with Crippen LogP contribution in [0.4, 0.5) is 0 Å². The van der Waals surface area contributed by atoms with Crippen LogP contribution in [0.2, 0.25) is 0 Å². The SMILES string of the molecule is Cc1cc(C)n2nc(C(=O)N3C[C@@H]4C[C@H](C3)c3ccc(CN(C)C)c(=O)n3C4)cc2n1. The fraction of sp³-hybridized carbons (Fsp3) is 0.478. The van der Waals surface area contributed by atoms with E-state index in [2.05, 4.69) is 16.1 Å². The number of fused-ring (bicyclic) bond motifs is 5. The van der Waals surface area contributed by atoms with Gasteiger partial charge in [-0.1, -0.05) is 6.07 Å². The Morgan fingerprint density at radius 2 is 1.97 bits per heavy atom. The van der Waals surface area contributed by atoms with Crippen molar-refractivity contribution in [3.63, 3.8) is 0 Å². The summed E-state index contributed by atoms with van der Waals surface area (Å²) in [5, 5.41) is 4.52. The van der Waals surface area contributed by atoms with Gasteiger partial charge in [-0.15, -0.1) is 0 Å². The van der Waals surface area contributed by atoms with Gasteiger partial charge in [0.25, 0.3) is 11.5 Å². The van der Waals surface area contributed by atoms with Crippen LogP contribution in [0.25, 0.3) is 5.65 Å². The third-order valence-electron chi connectivity index (χ3n) is 6.41. The number of piperidine rings is 1. The standard InChI is InChI=1S/C23H28N6O2/c1-14-7-15(2)29-21(24-14)9-19(25-29)23(31)27-10-16-8-18(13-27)20-6-5-17(12-26(3)4)22(30)28(20)11-16/h5-7,9,16,18H,8,10-13H2,1-4H3/t16-,18+/m0/s1. The molecule has 162 valence electrons. The van der Waals surface area contributed by atoms with E-state index in [1.165, 1.54) is 0 Å². The normalized spacial score (nSPS) is 20.4. The summed E-state index contributed by atoms with van der Waals surface area (Å²) < 4.78 is 3.67. The van der Waals surface area contributed by atoms with Crippen molar-refractivity contribution in [1.82, 2.24) is 29.0 Å². The van der Waals surface area contributed by atoms with Gasteiger partial charge in [-0.2, -0.15) is 5.10 Å². The van der Waals surface area contributed by atoms with Crippen LogP contribution in [-0.2, 0) is 13.1 Å². The van der Waals surface area contributed by atoms with E-state index >= 15 is 0 Å². The highest BCUT2D eigenvalue weighted by Gasteiger charge is 2.37. The Labute approximate surface area is 181 Å². The first-order chi connectivity index (χ1) is 14.8. The zero-order valence-electron chi connectivity index (χ0n) is 18.5. The lowest BCUT2D eigenvalue weighted by Gasteiger charge is -2.42. The zero-order valence-corrected chi connectivity index (χ0v) is 18.5. The van der Waals surface area contributed by atoms with Gasteiger partial charge in [0.2, 0.25) is 0 Å². The number of hydrogen-bond donors (Lipinski definition) is 0. The number of hydrogen-bond acceptors (Lipinski definition) is 5. The summed E-state index contributed by atoms with van der Waals surface area (Å²) in [6.45, 7) is 6.48. The predicted octanol–water partition coefficient (Wildman–Crippen LogP) is 1.83. The van der Waals surface area contributed by atoms with Crippen molar-refractivity contribution in [2.45, 2.75) is 39.3 Å². The molecule has 0 radical (unpaired) electrons. The number of nitrogens with zero attached hydrogens (tertiary/aromatic N) is 6. The van der Waals surface area contributed by atoms with E-state index < -0.39 is 0 Å². The number of carbonyl (C=O) groups excluding carboxylic acids is 1. The molecule has 2 atom stereocenters. The van der Waals surface area contributed by atoms with Crippen LogP contribution in [0.3, 0.4) is 0 Å². The summed E-state index contributed by atoms with van der Waals surface area (Å²) in [6.07, 6.45) is 1.02. The van der Waals surface area contributed by atoms with Crippen LogP contribution in [0.5, 0.6) is 0 Å². The van der Waals surface area contributed by atoms with Crippen molar-refractivity contribution in [3.05, 3.63) is 63.0 Å². The quantitative estimate of drug-likeness (QED) is 0.646. The zero-order chi connectivity index (χ0) is 21.9. The van der Waals surface area contributed by atoms with E-state index in [0.717, 1.165) is 29.1 Å². The van der Waals surface area contributed by atoms with Gasteiger partial charge in [0, 0.05) is 60.8 Å². The summed E-state index contributed by atoms with van der Waals surface area (Å²) in [5.41, 5.74) is 4.97. The lowest BCUT2D eigenvalue weighted by Crippen LogP contribution is -2.49. The van der Waals surface area contributed by atoms with Gasteiger partial charge < -0.3 is 14.4 Å². The van der Waals surface area contributed by atoms with E-state index in [4.69, 9.17) is 0 Å². The Bertz CT molecular complexity index is 1240. The van der Waals surface area contributed by atoms with Gasteiger partial charge in [-0.25, -0.2) is 9.50 Å². The molecule has 0 N–H and O–H groups in total. The molecule has 2 aliphatic heterocycles. The van der Waals surface area contributed by atoms with Gasteiger partial charge in [0.05, 0.1) is 0 Å². The van der Waals surface area contributed by atoms with Crippen molar-refractivity contribution < 1.29 is 4.79 Å². The Morgan fingerprint density at radius 3 is 2.74 bits per heavy atom. The molecule has 0 spiro atoms. The van der Waals surface area contributed by atoms with E-state index in [0.29, 0.717) is 37.5 Å². The molecule has 5 rings (SSSR count). The van der Waals surface area contributed by atoms with Crippen molar-refractivity contribution in [3.8, 4) is 0 Å². The maximum Gasteiger partial charge on any atom is 0.274 e. The first-order valence-electron chi connectivity index (χ1n) is 10.8. The largest absolute Gasteiger partial charge is 0.336 e. The maximum atomic E-state index is 13.3. The van der Waals surface area contributed by atoms with Crippen LogP contribution in [0, 0.1) is 19.8 Å². The molecule has 0 saturated carbocycles. The molecule has 8 heteroatoms. The number of pyridine rings is 1. The molecule has 8 nitrogen and oxygen atoms in total. The number of aryl methyl sites for hydroxylation is 2. The van der Waals surface area contributed by atoms with Crippen LogP contribution in [-0.4, -0.2) is 62.1 Å². The van der Waals surface area contributed by atoms with E-state index in [1.807, 2.05) is 54.4 Å². The summed E-state index contributed by atoms with van der Waals surface area (Å²) in [6, 6.07) is 7.77. The van der Waals surface area contributed by atoms with Crippen LogP contribution in [0.15, 0.2) is 29.1 Å². The third-order valence-corrected chi connectivity index (χ3v) is 6.41. The van der Waals surface area contributed by atoms with Crippen LogP contribution in [0.1, 0.15) is 45.5 Å². The molecule has 0 aliphatic carbocycles. The van der Waals surface area contributed by atoms with Crippen molar-refractivity contribution >= 4 is 11.6 Å². The average Bonchev–Trinajstić information content (AvgIpc) is 3.14. The molecule has 1 amide bonds. The summed E-state index contributed by atoms with van der Waals surface area (Å²) in [5.74, 6) is 0.399. The van der Waals surface area contributed by atoms with Crippen molar-refractivity contribution in [2.24, 2.45) is 5.92 Å². The van der Waals surface area contributed by atoms with Gasteiger partial charge in [0.1, 0.15) is 0 Å². The molecule has 1 saturated heterocycles. The topological polar surface area (TPSA) is 75.7 Å². The van der Waals surface area contributed by atoms with Gasteiger partial charge >= 0.3 is 0 Å². The third kappa shape index (κ3) is 3.44. The Balaban J connectivity index is 1.43. The number of rotatable bonds is 3. The van der Waals surface area contributed by atoms with E-state index in [1.54, 1.807) is 10.6 Å². The number of carbonyl (C=O) groups is 1. The van der Waals surface area contributed by atoms with E-state index in [-0.39, 0.29) is 23.3 Å². The Kier molecular flexibility index (Phi) is 4.69. The number of amides is 1. The molecule has 5 heterocycles. The second-order valence-electron chi connectivity index (χ2n) is 9.28. The summed E-state index contributed by atoms with van der Waals surface area (Å²) >= 11 is 0. The first kappa shape index (κ1) is 19.9. The summed E-state index contributed by atoms with van der Waals surface area (Å²) in [4.78, 5) is 34.7. The van der Waals surface area contributed by atoms with Gasteiger partial charge in [-0.05, 0) is 52.4 Å². The minimum absolute atomic E-state index is 0.0581. The number of likely N-dealkylation sites (tertiary alicyclic amines) is 1. The molecule has 1 fully saturated rings. The first-order valence-corrected chi connectivity index (χ1v) is 10.8. The van der Waals surface area contributed by atoms with Gasteiger partial charge in [-0.3, -0.25) is 9.59 Å². The Hall–Kier alpha value is -3.00. The highest BCUT2D eigenvalue weighted by Crippen LogP contribution is 2.35. The molecule has 2 bridgehead atoms. The van der Waals surface area contributed by atoms with Crippen LogP contribution < -0.4 is 5.56 Å². The molecule has 0 aromatic carbocycles. The monoisotopic (exact) mass is 420 g/mol. The van der Waals surface area contributed by atoms with Crippen molar-refractivity contribution in [2.75, 3.05) is 27.2 Å². The average molecular weight is 421 g/mol. The Morgan fingerprint density at radius 1 is 1.16 bits per heavy atom. The molecular formula is C23H28N6O2. The second-order valence-corrected chi connectivity index (χ2v) is 9.28. The molecule has 2 aliphatic rings. The molecule has 31 heavy (non-hydrogen) atoms. The molecule has 3 aromatic rings. The lowest BCUT2D eigenvalue weighted by molar-refractivity contribution is 0.0588. The highest BCUT2D eigenvalue weighted by molar-refractivity contribution is 5.93.